The molecule has 1 aliphatic rings. The van der Waals surface area contributed by atoms with Crippen molar-refractivity contribution in [2.75, 3.05) is 5.32 Å². The van der Waals surface area contributed by atoms with Gasteiger partial charge in [-0.3, -0.25) is 4.55 Å². The number of nitrogens with one attached hydrogen (secondary N) is 1. The third-order valence-electron chi connectivity index (χ3n) is 2.65. The van der Waals surface area contributed by atoms with E-state index >= 15 is 0 Å². The van der Waals surface area contributed by atoms with E-state index in [-0.39, 0.29) is 0 Å². The number of rotatable bonds is 1. The van der Waals surface area contributed by atoms with E-state index in [0.29, 0.717) is 5.56 Å². The Morgan fingerprint density at radius 2 is 1.93 bits per heavy atom. The summed E-state index contributed by atoms with van der Waals surface area (Å²) in [6.45, 7) is 3.51. The number of benzene rings is 1. The van der Waals surface area contributed by atoms with E-state index in [1.54, 1.807) is 26.0 Å². The summed E-state index contributed by atoms with van der Waals surface area (Å²) in [5.74, 6) is 0. The zero-order valence-corrected chi connectivity index (χ0v) is 9.38. The van der Waals surface area contributed by atoms with Crippen molar-refractivity contribution >= 4 is 15.8 Å². The molecule has 0 aromatic heterocycles. The van der Waals surface area contributed by atoms with Crippen LogP contribution in [0.15, 0.2) is 24.3 Å². The molecule has 1 unspecified atom stereocenters. The molecule has 82 valence electrons. The maximum absolute atomic E-state index is 11.3. The van der Waals surface area contributed by atoms with Gasteiger partial charge in [0, 0.05) is 5.69 Å². The van der Waals surface area contributed by atoms with E-state index in [0.717, 1.165) is 5.69 Å². The Morgan fingerprint density at radius 3 is 2.53 bits per heavy atom. The molecule has 2 rings (SSSR count). The molecule has 0 fully saturated rings. The van der Waals surface area contributed by atoms with Crippen LogP contribution in [0.25, 0.3) is 0 Å². The van der Waals surface area contributed by atoms with Crippen LogP contribution in [0.4, 0.5) is 5.69 Å². The summed E-state index contributed by atoms with van der Waals surface area (Å²) in [6, 6.07) is 7.12. The van der Waals surface area contributed by atoms with E-state index in [9.17, 15) is 13.0 Å². The van der Waals surface area contributed by atoms with Crippen molar-refractivity contribution in [2.45, 2.75) is 24.6 Å². The smallest absolute Gasteiger partial charge is 0.274 e. The van der Waals surface area contributed by atoms with Crippen LogP contribution in [0, 0.1) is 0 Å². The molecule has 1 aromatic carbocycles. The summed E-state index contributed by atoms with van der Waals surface area (Å²) < 4.78 is 31.9. The predicted molar refractivity (Wildman–Crippen MR) is 58.4 cm³/mol. The molecular formula is C10H13NO3S. The number of fused-ring (bicyclic) bond motifs is 1. The molecule has 2 N–H and O–H groups in total. The number of hydrogen-bond acceptors (Lipinski definition) is 3. The first-order valence-corrected chi connectivity index (χ1v) is 6.16. The molecule has 0 aliphatic carbocycles. The molecule has 1 heterocycles. The van der Waals surface area contributed by atoms with E-state index < -0.39 is 20.9 Å². The molecule has 1 aromatic rings. The molecular weight excluding hydrogens is 214 g/mol. The van der Waals surface area contributed by atoms with Gasteiger partial charge in [0.05, 0.1) is 5.54 Å². The van der Waals surface area contributed by atoms with Crippen molar-refractivity contribution in [1.82, 2.24) is 0 Å². The lowest BCUT2D eigenvalue weighted by Crippen LogP contribution is -2.36. The Hall–Kier alpha value is -1.07. The molecule has 0 saturated carbocycles. The van der Waals surface area contributed by atoms with Crippen LogP contribution in [0.5, 0.6) is 0 Å². The van der Waals surface area contributed by atoms with Gasteiger partial charge in [-0.05, 0) is 25.5 Å². The van der Waals surface area contributed by atoms with Crippen molar-refractivity contribution in [2.24, 2.45) is 0 Å². The lowest BCUT2D eigenvalue weighted by Gasteiger charge is -2.25. The first kappa shape index (κ1) is 10.4. The fourth-order valence-corrected chi connectivity index (χ4v) is 3.50. The second-order valence-electron chi connectivity index (χ2n) is 4.33. The van der Waals surface area contributed by atoms with Gasteiger partial charge in [-0.15, -0.1) is 0 Å². The van der Waals surface area contributed by atoms with Crippen LogP contribution in [0.2, 0.25) is 0 Å². The molecule has 0 amide bonds. The number of para-hydroxylation sites is 1. The predicted octanol–water partition coefficient (Wildman–Crippen LogP) is 1.82. The quantitative estimate of drug-likeness (QED) is 0.718. The van der Waals surface area contributed by atoms with Crippen LogP contribution in [-0.4, -0.2) is 18.5 Å². The minimum atomic E-state index is -4.09. The topological polar surface area (TPSA) is 66.4 Å². The molecule has 0 bridgehead atoms. The Kier molecular flexibility index (Phi) is 2.06. The van der Waals surface area contributed by atoms with Crippen molar-refractivity contribution in [3.05, 3.63) is 29.8 Å². The maximum atomic E-state index is 11.3. The molecule has 0 saturated heterocycles. The van der Waals surface area contributed by atoms with Gasteiger partial charge in [0.1, 0.15) is 5.25 Å². The maximum Gasteiger partial charge on any atom is 0.274 e. The average Bonchev–Trinajstić information content (AvgIpc) is 2.32. The number of hydrogen-bond donors (Lipinski definition) is 2. The molecule has 4 nitrogen and oxygen atoms in total. The summed E-state index contributed by atoms with van der Waals surface area (Å²) >= 11 is 0. The molecule has 0 spiro atoms. The van der Waals surface area contributed by atoms with Gasteiger partial charge in [-0.25, -0.2) is 0 Å². The summed E-state index contributed by atoms with van der Waals surface area (Å²) in [7, 11) is -4.09. The van der Waals surface area contributed by atoms with E-state index in [2.05, 4.69) is 5.32 Å². The Bertz CT molecular complexity index is 493. The highest BCUT2D eigenvalue weighted by atomic mass is 32.2. The fourth-order valence-electron chi connectivity index (χ4n) is 2.17. The molecule has 1 aliphatic heterocycles. The van der Waals surface area contributed by atoms with Gasteiger partial charge >= 0.3 is 0 Å². The van der Waals surface area contributed by atoms with Crippen molar-refractivity contribution < 1.29 is 13.0 Å². The third kappa shape index (κ3) is 1.61. The highest BCUT2D eigenvalue weighted by Crippen LogP contribution is 2.44. The summed E-state index contributed by atoms with van der Waals surface area (Å²) in [5, 5.41) is 2.19. The minimum absolute atomic E-state index is 0.630. The van der Waals surface area contributed by atoms with Crippen molar-refractivity contribution in [3.8, 4) is 0 Å². The largest absolute Gasteiger partial charge is 0.378 e. The van der Waals surface area contributed by atoms with Crippen molar-refractivity contribution in [3.63, 3.8) is 0 Å². The summed E-state index contributed by atoms with van der Waals surface area (Å²) in [6.07, 6.45) is 0. The van der Waals surface area contributed by atoms with E-state index in [1.165, 1.54) is 0 Å². The highest BCUT2D eigenvalue weighted by Gasteiger charge is 2.46. The van der Waals surface area contributed by atoms with Gasteiger partial charge in [0.2, 0.25) is 0 Å². The molecule has 5 heteroatoms. The Labute approximate surface area is 89.1 Å². The summed E-state index contributed by atoms with van der Waals surface area (Å²) in [4.78, 5) is 0. The van der Waals surface area contributed by atoms with Gasteiger partial charge in [0.25, 0.3) is 10.1 Å². The zero-order valence-electron chi connectivity index (χ0n) is 8.56. The normalized spacial score (nSPS) is 23.3. The summed E-state index contributed by atoms with van der Waals surface area (Å²) in [5.41, 5.74) is 0.715. The van der Waals surface area contributed by atoms with Crippen LogP contribution in [0.3, 0.4) is 0 Å². The third-order valence-corrected chi connectivity index (χ3v) is 4.09. The van der Waals surface area contributed by atoms with Crippen molar-refractivity contribution in [1.29, 1.82) is 0 Å². The standard InChI is InChI=1S/C10H13NO3S/c1-10(2)9(15(12,13)14)7-5-3-4-6-8(7)11-10/h3-6,9,11H,1-2H3,(H,12,13,14). The monoisotopic (exact) mass is 227 g/mol. The Morgan fingerprint density at radius 1 is 1.33 bits per heavy atom. The van der Waals surface area contributed by atoms with Gasteiger partial charge in [-0.1, -0.05) is 18.2 Å². The lowest BCUT2D eigenvalue weighted by molar-refractivity contribution is 0.440. The second-order valence-corrected chi connectivity index (χ2v) is 5.83. The first-order valence-electron chi connectivity index (χ1n) is 4.66. The Balaban J connectivity index is 2.63. The van der Waals surface area contributed by atoms with Crippen LogP contribution in [0.1, 0.15) is 24.7 Å². The van der Waals surface area contributed by atoms with Crippen LogP contribution < -0.4 is 5.32 Å². The molecule has 0 radical (unpaired) electrons. The van der Waals surface area contributed by atoms with Crippen LogP contribution in [-0.2, 0) is 10.1 Å². The first-order chi connectivity index (χ1) is 6.82. The molecule has 1 atom stereocenters. The number of anilines is 1. The van der Waals surface area contributed by atoms with Gasteiger partial charge < -0.3 is 5.32 Å². The highest BCUT2D eigenvalue weighted by molar-refractivity contribution is 7.86. The average molecular weight is 227 g/mol. The second kappa shape index (κ2) is 2.96. The van der Waals surface area contributed by atoms with E-state index in [1.807, 2.05) is 12.1 Å². The van der Waals surface area contributed by atoms with E-state index in [4.69, 9.17) is 0 Å². The fraction of sp³-hybridized carbons (Fsp3) is 0.400. The molecule has 15 heavy (non-hydrogen) atoms. The van der Waals surface area contributed by atoms with Gasteiger partial charge in [-0.2, -0.15) is 8.42 Å². The lowest BCUT2D eigenvalue weighted by atomic mass is 10.00. The minimum Gasteiger partial charge on any atom is -0.378 e. The zero-order chi connectivity index (χ0) is 11.3. The van der Waals surface area contributed by atoms with Gasteiger partial charge in [0.15, 0.2) is 0 Å². The van der Waals surface area contributed by atoms with Crippen LogP contribution >= 0.6 is 0 Å². The SMILES string of the molecule is CC1(C)Nc2ccccc2C1S(=O)(=O)O.